The SMILES string of the molecule is COc1ccc(CN2CCC(NC(=O)c3oc4ccccc4c3C)CC2)cc1F. The van der Waals surface area contributed by atoms with Crippen molar-refractivity contribution in [2.45, 2.75) is 32.4 Å². The monoisotopic (exact) mass is 396 g/mol. The van der Waals surface area contributed by atoms with Crippen LogP contribution in [0.15, 0.2) is 46.9 Å². The van der Waals surface area contributed by atoms with E-state index in [0.29, 0.717) is 12.3 Å². The van der Waals surface area contributed by atoms with Crippen LogP contribution in [0.4, 0.5) is 4.39 Å². The number of fused-ring (bicyclic) bond motifs is 1. The first kappa shape index (κ1) is 19.5. The standard InChI is InChI=1S/C23H25FN2O3/c1-15-18-5-3-4-6-20(18)29-22(15)23(27)25-17-9-11-26(12-10-17)14-16-7-8-21(28-2)19(24)13-16/h3-8,13,17H,9-12,14H2,1-2H3,(H,25,27). The van der Waals surface area contributed by atoms with E-state index in [-0.39, 0.29) is 23.5 Å². The van der Waals surface area contributed by atoms with E-state index < -0.39 is 0 Å². The molecule has 5 nitrogen and oxygen atoms in total. The summed E-state index contributed by atoms with van der Waals surface area (Å²) in [6, 6.07) is 12.9. The predicted octanol–water partition coefficient (Wildman–Crippen LogP) is 4.28. The lowest BCUT2D eigenvalue weighted by atomic mass is 10.0. The lowest BCUT2D eigenvalue weighted by molar-refractivity contribution is 0.0882. The molecule has 2 heterocycles. The second kappa shape index (κ2) is 8.25. The first-order valence-corrected chi connectivity index (χ1v) is 9.89. The molecule has 0 atom stereocenters. The van der Waals surface area contributed by atoms with Gasteiger partial charge in [0.25, 0.3) is 5.91 Å². The molecule has 1 N–H and O–H groups in total. The Labute approximate surface area is 169 Å². The van der Waals surface area contributed by atoms with Gasteiger partial charge in [-0.05, 0) is 43.5 Å². The number of nitrogens with one attached hydrogen (secondary N) is 1. The average molecular weight is 396 g/mol. The van der Waals surface area contributed by atoms with E-state index in [4.69, 9.17) is 9.15 Å². The Hall–Kier alpha value is -2.86. The number of amides is 1. The van der Waals surface area contributed by atoms with Crippen molar-refractivity contribution in [1.29, 1.82) is 0 Å². The lowest BCUT2D eigenvalue weighted by Crippen LogP contribution is -2.44. The van der Waals surface area contributed by atoms with Gasteiger partial charge in [-0.2, -0.15) is 0 Å². The summed E-state index contributed by atoms with van der Waals surface area (Å²) in [4.78, 5) is 15.0. The number of piperidine rings is 1. The van der Waals surface area contributed by atoms with Crippen LogP contribution in [0.1, 0.15) is 34.5 Å². The number of aryl methyl sites for hydroxylation is 1. The van der Waals surface area contributed by atoms with E-state index in [1.807, 2.05) is 37.3 Å². The summed E-state index contributed by atoms with van der Waals surface area (Å²) in [7, 11) is 1.46. The summed E-state index contributed by atoms with van der Waals surface area (Å²) in [5, 5.41) is 4.08. The molecule has 3 aromatic rings. The van der Waals surface area contributed by atoms with Gasteiger partial charge in [0, 0.05) is 36.6 Å². The second-order valence-corrected chi connectivity index (χ2v) is 7.55. The Bertz CT molecular complexity index is 1020. The maximum Gasteiger partial charge on any atom is 0.287 e. The van der Waals surface area contributed by atoms with Crippen LogP contribution in [0.5, 0.6) is 5.75 Å². The zero-order valence-electron chi connectivity index (χ0n) is 16.7. The van der Waals surface area contributed by atoms with Crippen molar-refractivity contribution in [3.05, 3.63) is 65.2 Å². The normalized spacial score (nSPS) is 15.6. The molecule has 4 rings (SSSR count). The summed E-state index contributed by atoms with van der Waals surface area (Å²) in [5.41, 5.74) is 2.53. The molecule has 1 amide bonds. The molecule has 6 heteroatoms. The highest BCUT2D eigenvalue weighted by molar-refractivity contribution is 5.99. The number of furan rings is 1. The largest absolute Gasteiger partial charge is 0.494 e. The van der Waals surface area contributed by atoms with E-state index in [1.165, 1.54) is 13.2 Å². The smallest absolute Gasteiger partial charge is 0.287 e. The van der Waals surface area contributed by atoms with E-state index in [1.54, 1.807) is 6.07 Å². The summed E-state index contributed by atoms with van der Waals surface area (Å²) in [6.45, 7) is 4.29. The predicted molar refractivity (Wildman–Crippen MR) is 110 cm³/mol. The molecule has 1 saturated heterocycles. The molecule has 1 fully saturated rings. The fourth-order valence-corrected chi connectivity index (χ4v) is 3.94. The highest BCUT2D eigenvalue weighted by Crippen LogP contribution is 2.25. The van der Waals surface area contributed by atoms with Crippen molar-refractivity contribution < 1.29 is 18.3 Å². The van der Waals surface area contributed by atoms with Crippen LogP contribution < -0.4 is 10.1 Å². The van der Waals surface area contributed by atoms with Gasteiger partial charge in [0.2, 0.25) is 0 Å². The van der Waals surface area contributed by atoms with Crippen LogP contribution >= 0.6 is 0 Å². The van der Waals surface area contributed by atoms with Gasteiger partial charge >= 0.3 is 0 Å². The van der Waals surface area contributed by atoms with Crippen LogP contribution in [0.25, 0.3) is 11.0 Å². The first-order chi connectivity index (χ1) is 14.0. The minimum absolute atomic E-state index is 0.110. The minimum atomic E-state index is -0.339. The highest BCUT2D eigenvalue weighted by Gasteiger charge is 2.24. The van der Waals surface area contributed by atoms with Crippen molar-refractivity contribution in [3.63, 3.8) is 0 Å². The molecule has 0 radical (unpaired) electrons. The Balaban J connectivity index is 1.33. The minimum Gasteiger partial charge on any atom is -0.494 e. The molecule has 0 aliphatic carbocycles. The average Bonchev–Trinajstić information content (AvgIpc) is 3.07. The third kappa shape index (κ3) is 4.12. The van der Waals surface area contributed by atoms with Crippen molar-refractivity contribution in [1.82, 2.24) is 10.2 Å². The van der Waals surface area contributed by atoms with E-state index in [0.717, 1.165) is 48.0 Å². The van der Waals surface area contributed by atoms with E-state index >= 15 is 0 Å². The zero-order valence-corrected chi connectivity index (χ0v) is 16.7. The fraction of sp³-hybridized carbons (Fsp3) is 0.348. The molecule has 1 aliphatic rings. The number of hydrogen-bond donors (Lipinski definition) is 1. The Morgan fingerprint density at radius 2 is 2.00 bits per heavy atom. The third-order valence-corrected chi connectivity index (χ3v) is 5.60. The van der Waals surface area contributed by atoms with Gasteiger partial charge in [0.15, 0.2) is 17.3 Å². The van der Waals surface area contributed by atoms with Gasteiger partial charge in [0.05, 0.1) is 7.11 Å². The van der Waals surface area contributed by atoms with Crippen molar-refractivity contribution >= 4 is 16.9 Å². The van der Waals surface area contributed by atoms with Gasteiger partial charge in [-0.15, -0.1) is 0 Å². The number of benzene rings is 2. The summed E-state index contributed by atoms with van der Waals surface area (Å²) in [5.74, 6) is 0.154. The van der Waals surface area contributed by atoms with E-state index in [9.17, 15) is 9.18 Å². The molecule has 2 aromatic carbocycles. The molecule has 152 valence electrons. The van der Waals surface area contributed by atoms with E-state index in [2.05, 4.69) is 10.2 Å². The molecule has 29 heavy (non-hydrogen) atoms. The molecule has 0 spiro atoms. The van der Waals surface area contributed by atoms with Crippen LogP contribution in [0.3, 0.4) is 0 Å². The molecule has 1 aliphatic heterocycles. The molecule has 0 unspecified atom stereocenters. The number of nitrogens with zero attached hydrogens (tertiary/aromatic N) is 1. The van der Waals surface area contributed by atoms with Crippen LogP contribution in [0, 0.1) is 12.7 Å². The van der Waals surface area contributed by atoms with Crippen LogP contribution in [-0.2, 0) is 6.54 Å². The second-order valence-electron chi connectivity index (χ2n) is 7.55. The number of methoxy groups -OCH3 is 1. The molecule has 1 aromatic heterocycles. The zero-order chi connectivity index (χ0) is 20.4. The van der Waals surface area contributed by atoms with Gasteiger partial charge < -0.3 is 14.5 Å². The van der Waals surface area contributed by atoms with Gasteiger partial charge in [-0.1, -0.05) is 24.3 Å². The molecular weight excluding hydrogens is 371 g/mol. The highest BCUT2D eigenvalue weighted by atomic mass is 19.1. The molecule has 0 saturated carbocycles. The maximum absolute atomic E-state index is 13.9. The summed E-state index contributed by atoms with van der Waals surface area (Å²) in [6.07, 6.45) is 1.70. The number of carbonyl (C=O) groups excluding carboxylic acids is 1. The van der Waals surface area contributed by atoms with Gasteiger partial charge in [-0.3, -0.25) is 9.69 Å². The van der Waals surface area contributed by atoms with Gasteiger partial charge in [0.1, 0.15) is 5.58 Å². The number of rotatable bonds is 5. The van der Waals surface area contributed by atoms with Crippen molar-refractivity contribution in [3.8, 4) is 5.75 Å². The first-order valence-electron chi connectivity index (χ1n) is 9.89. The number of halogens is 1. The van der Waals surface area contributed by atoms with Crippen LogP contribution in [0.2, 0.25) is 0 Å². The molecule has 0 bridgehead atoms. The Kier molecular flexibility index (Phi) is 5.53. The van der Waals surface area contributed by atoms with Gasteiger partial charge in [-0.25, -0.2) is 4.39 Å². The van der Waals surface area contributed by atoms with Crippen molar-refractivity contribution in [2.75, 3.05) is 20.2 Å². The lowest BCUT2D eigenvalue weighted by Gasteiger charge is -2.32. The third-order valence-electron chi connectivity index (χ3n) is 5.60. The number of para-hydroxylation sites is 1. The maximum atomic E-state index is 13.9. The summed E-state index contributed by atoms with van der Waals surface area (Å²) >= 11 is 0. The number of likely N-dealkylation sites (tertiary alicyclic amines) is 1. The topological polar surface area (TPSA) is 54.7 Å². The Morgan fingerprint density at radius 1 is 1.24 bits per heavy atom. The summed E-state index contributed by atoms with van der Waals surface area (Å²) < 4.78 is 24.6. The number of ether oxygens (including phenoxy) is 1. The van der Waals surface area contributed by atoms with Crippen molar-refractivity contribution in [2.24, 2.45) is 0 Å². The van der Waals surface area contributed by atoms with Crippen LogP contribution in [-0.4, -0.2) is 37.0 Å². The number of carbonyl (C=O) groups is 1. The quantitative estimate of drug-likeness (QED) is 0.699. The fourth-order valence-electron chi connectivity index (χ4n) is 3.94. The molecular formula is C23H25FN2O3. The number of hydrogen-bond acceptors (Lipinski definition) is 4. The Morgan fingerprint density at radius 3 is 2.69 bits per heavy atom.